The average molecular weight is 448 g/mol. The zero-order chi connectivity index (χ0) is 22.6. The highest BCUT2D eigenvalue weighted by Crippen LogP contribution is 2.35. The molecule has 172 valence electrons. The Morgan fingerprint density at radius 2 is 1.82 bits per heavy atom. The SMILES string of the molecule is O=[N+]([O-])c1cc2c(NC3CCN(Cc4ccccc4)CC3)ncnc2cc1N1CCNCC1. The second-order valence-corrected chi connectivity index (χ2v) is 8.75. The Kier molecular flexibility index (Phi) is 6.32. The van der Waals surface area contributed by atoms with Crippen LogP contribution in [0, 0.1) is 10.1 Å². The van der Waals surface area contributed by atoms with Crippen LogP contribution in [0.5, 0.6) is 0 Å². The van der Waals surface area contributed by atoms with Crippen molar-refractivity contribution in [1.82, 2.24) is 20.2 Å². The number of piperidine rings is 1. The molecular formula is C24H29N7O2. The van der Waals surface area contributed by atoms with E-state index < -0.39 is 0 Å². The molecule has 3 aromatic rings. The molecule has 0 spiro atoms. The molecule has 33 heavy (non-hydrogen) atoms. The summed E-state index contributed by atoms with van der Waals surface area (Å²) in [7, 11) is 0. The van der Waals surface area contributed by atoms with E-state index in [4.69, 9.17) is 0 Å². The minimum absolute atomic E-state index is 0.111. The molecule has 0 atom stereocenters. The largest absolute Gasteiger partial charge is 0.367 e. The van der Waals surface area contributed by atoms with E-state index in [0.717, 1.165) is 64.2 Å². The monoisotopic (exact) mass is 447 g/mol. The van der Waals surface area contributed by atoms with Crippen LogP contribution in [-0.2, 0) is 6.54 Å². The quantitative estimate of drug-likeness (QED) is 0.439. The van der Waals surface area contributed by atoms with Crippen molar-refractivity contribution < 1.29 is 4.92 Å². The third-order valence-corrected chi connectivity index (χ3v) is 6.56. The molecule has 2 aromatic carbocycles. The molecule has 2 N–H and O–H groups in total. The summed E-state index contributed by atoms with van der Waals surface area (Å²) in [5.41, 5.74) is 2.80. The van der Waals surface area contributed by atoms with Crippen molar-refractivity contribution in [3.8, 4) is 0 Å². The van der Waals surface area contributed by atoms with Crippen LogP contribution in [-0.4, -0.2) is 65.1 Å². The van der Waals surface area contributed by atoms with Gasteiger partial charge in [0.2, 0.25) is 0 Å². The topological polar surface area (TPSA) is 99.5 Å². The van der Waals surface area contributed by atoms with Gasteiger partial charge in [-0.25, -0.2) is 9.97 Å². The number of benzene rings is 2. The Hall–Kier alpha value is -3.30. The Morgan fingerprint density at radius 1 is 1.06 bits per heavy atom. The highest BCUT2D eigenvalue weighted by Gasteiger charge is 2.25. The van der Waals surface area contributed by atoms with Crippen molar-refractivity contribution in [2.24, 2.45) is 0 Å². The Bertz CT molecular complexity index is 1110. The van der Waals surface area contributed by atoms with Gasteiger partial charge < -0.3 is 15.5 Å². The fourth-order valence-corrected chi connectivity index (χ4v) is 4.77. The van der Waals surface area contributed by atoms with Crippen LogP contribution in [0.1, 0.15) is 18.4 Å². The zero-order valence-electron chi connectivity index (χ0n) is 18.6. The van der Waals surface area contributed by atoms with Crippen molar-refractivity contribution in [1.29, 1.82) is 0 Å². The van der Waals surface area contributed by atoms with Gasteiger partial charge in [-0.1, -0.05) is 30.3 Å². The van der Waals surface area contributed by atoms with Gasteiger partial charge in [0, 0.05) is 63.3 Å². The molecule has 5 rings (SSSR count). The first-order valence-electron chi connectivity index (χ1n) is 11.6. The van der Waals surface area contributed by atoms with E-state index in [-0.39, 0.29) is 16.7 Å². The number of nitro benzene ring substituents is 1. The van der Waals surface area contributed by atoms with Gasteiger partial charge in [-0.05, 0) is 24.5 Å². The summed E-state index contributed by atoms with van der Waals surface area (Å²) in [5, 5.41) is 19.4. The average Bonchev–Trinajstić information content (AvgIpc) is 2.86. The number of rotatable bonds is 6. The molecule has 2 aliphatic rings. The predicted octanol–water partition coefficient (Wildman–Crippen LogP) is 3.02. The van der Waals surface area contributed by atoms with Crippen molar-refractivity contribution in [3.63, 3.8) is 0 Å². The van der Waals surface area contributed by atoms with Crippen molar-refractivity contribution in [2.45, 2.75) is 25.4 Å². The van der Waals surface area contributed by atoms with Crippen LogP contribution in [0.4, 0.5) is 17.2 Å². The van der Waals surface area contributed by atoms with Crippen LogP contribution in [0.25, 0.3) is 10.9 Å². The molecule has 0 aliphatic carbocycles. The molecule has 0 bridgehead atoms. The molecule has 1 aromatic heterocycles. The molecule has 3 heterocycles. The number of likely N-dealkylation sites (tertiary alicyclic amines) is 1. The van der Waals surface area contributed by atoms with Gasteiger partial charge in [-0.2, -0.15) is 0 Å². The van der Waals surface area contributed by atoms with Crippen molar-refractivity contribution in [3.05, 3.63) is 64.5 Å². The molecule has 0 unspecified atom stereocenters. The summed E-state index contributed by atoms with van der Waals surface area (Å²) in [6.45, 7) is 6.08. The van der Waals surface area contributed by atoms with E-state index in [1.54, 1.807) is 12.4 Å². The smallest absolute Gasteiger partial charge is 0.293 e. The van der Waals surface area contributed by atoms with Gasteiger partial charge in [-0.15, -0.1) is 0 Å². The van der Waals surface area contributed by atoms with Crippen LogP contribution >= 0.6 is 0 Å². The molecule has 0 radical (unpaired) electrons. The van der Waals surface area contributed by atoms with E-state index in [9.17, 15) is 10.1 Å². The van der Waals surface area contributed by atoms with E-state index >= 15 is 0 Å². The predicted molar refractivity (Wildman–Crippen MR) is 130 cm³/mol. The van der Waals surface area contributed by atoms with E-state index in [2.05, 4.69) is 54.7 Å². The standard InChI is InChI=1S/C24H29N7O2/c32-31(33)23-14-20-21(15-22(23)30-12-8-25-9-13-30)26-17-27-24(20)28-19-6-10-29(11-7-19)16-18-4-2-1-3-5-18/h1-5,14-15,17,19,25H,6-13,16H2,(H,26,27,28). The first-order chi connectivity index (χ1) is 16.2. The molecule has 2 saturated heterocycles. The molecule has 9 nitrogen and oxygen atoms in total. The van der Waals surface area contributed by atoms with Gasteiger partial charge in [-0.3, -0.25) is 15.0 Å². The number of piperazine rings is 1. The molecule has 2 aliphatic heterocycles. The fourth-order valence-electron chi connectivity index (χ4n) is 4.77. The maximum absolute atomic E-state index is 11.9. The first-order valence-corrected chi connectivity index (χ1v) is 11.6. The number of hydrogen-bond acceptors (Lipinski definition) is 8. The van der Waals surface area contributed by atoms with E-state index in [1.807, 2.05) is 12.1 Å². The number of hydrogen-bond donors (Lipinski definition) is 2. The Morgan fingerprint density at radius 3 is 2.55 bits per heavy atom. The second kappa shape index (κ2) is 9.68. The molecular weight excluding hydrogens is 418 g/mol. The maximum Gasteiger partial charge on any atom is 0.293 e. The van der Waals surface area contributed by atoms with Gasteiger partial charge in [0.15, 0.2) is 0 Å². The summed E-state index contributed by atoms with van der Waals surface area (Å²) >= 11 is 0. The number of nitro groups is 1. The van der Waals surface area contributed by atoms with Gasteiger partial charge >= 0.3 is 0 Å². The lowest BCUT2D eigenvalue weighted by molar-refractivity contribution is -0.384. The van der Waals surface area contributed by atoms with Crippen LogP contribution < -0.4 is 15.5 Å². The van der Waals surface area contributed by atoms with Crippen molar-refractivity contribution in [2.75, 3.05) is 49.5 Å². The number of nitrogens with zero attached hydrogens (tertiary/aromatic N) is 5. The zero-order valence-corrected chi connectivity index (χ0v) is 18.6. The fraction of sp³-hybridized carbons (Fsp3) is 0.417. The minimum Gasteiger partial charge on any atom is -0.367 e. The lowest BCUT2D eigenvalue weighted by Crippen LogP contribution is -2.43. The number of anilines is 2. The maximum atomic E-state index is 11.9. The van der Waals surface area contributed by atoms with Crippen LogP contribution in [0.15, 0.2) is 48.8 Å². The third kappa shape index (κ3) is 4.89. The van der Waals surface area contributed by atoms with Crippen LogP contribution in [0.3, 0.4) is 0 Å². The second-order valence-electron chi connectivity index (χ2n) is 8.75. The third-order valence-electron chi connectivity index (χ3n) is 6.56. The molecule has 2 fully saturated rings. The van der Waals surface area contributed by atoms with Gasteiger partial charge in [0.25, 0.3) is 5.69 Å². The summed E-state index contributed by atoms with van der Waals surface area (Å²) < 4.78 is 0. The first kappa shape index (κ1) is 21.5. The lowest BCUT2D eigenvalue weighted by atomic mass is 10.0. The van der Waals surface area contributed by atoms with Gasteiger partial charge in [0.05, 0.1) is 10.4 Å². The summed E-state index contributed by atoms with van der Waals surface area (Å²) in [6.07, 6.45) is 3.54. The summed E-state index contributed by atoms with van der Waals surface area (Å²) in [6, 6.07) is 14.3. The van der Waals surface area contributed by atoms with E-state index in [1.165, 1.54) is 5.56 Å². The number of aromatic nitrogens is 2. The highest BCUT2D eigenvalue weighted by molar-refractivity contribution is 5.94. The normalized spacial score (nSPS) is 17.9. The molecule has 9 heteroatoms. The number of nitrogens with one attached hydrogen (secondary N) is 2. The molecule has 0 saturated carbocycles. The van der Waals surface area contributed by atoms with Crippen LogP contribution in [0.2, 0.25) is 0 Å². The lowest BCUT2D eigenvalue weighted by Gasteiger charge is -2.33. The number of fused-ring (bicyclic) bond motifs is 1. The van der Waals surface area contributed by atoms with E-state index in [0.29, 0.717) is 16.9 Å². The Balaban J connectivity index is 1.32. The highest BCUT2D eigenvalue weighted by atomic mass is 16.6. The summed E-state index contributed by atoms with van der Waals surface area (Å²) in [5.74, 6) is 0.677. The van der Waals surface area contributed by atoms with Gasteiger partial charge in [0.1, 0.15) is 17.8 Å². The Labute approximate surface area is 193 Å². The summed E-state index contributed by atoms with van der Waals surface area (Å²) in [4.78, 5) is 25.0. The van der Waals surface area contributed by atoms with Crippen molar-refractivity contribution >= 4 is 28.1 Å². The molecule has 0 amide bonds. The minimum atomic E-state index is -0.296.